The van der Waals surface area contributed by atoms with Crippen molar-refractivity contribution in [2.45, 2.75) is 13.5 Å². The molecule has 0 amide bonds. The molecule has 0 saturated carbocycles. The molecule has 2 aliphatic heterocycles. The molecule has 3 heterocycles. The van der Waals surface area contributed by atoms with Crippen LogP contribution in [0.1, 0.15) is 12.5 Å². The quantitative estimate of drug-likeness (QED) is 0.348. The molecule has 4 rings (SSSR count). The fraction of sp³-hybridized carbons (Fsp3) is 0.478. The molecule has 2 fully saturated rings. The van der Waals surface area contributed by atoms with Crippen molar-refractivity contribution in [1.82, 2.24) is 15.2 Å². The molecule has 0 spiro atoms. The van der Waals surface area contributed by atoms with Crippen LogP contribution in [0.15, 0.2) is 53.7 Å². The number of halogens is 1. The predicted octanol–water partition coefficient (Wildman–Crippen LogP) is 3.54. The second-order valence-corrected chi connectivity index (χ2v) is 8.82. The van der Waals surface area contributed by atoms with E-state index in [0.29, 0.717) is 6.54 Å². The number of benzene rings is 1. The van der Waals surface area contributed by atoms with Gasteiger partial charge in [0, 0.05) is 69.2 Å². The zero-order valence-corrected chi connectivity index (χ0v) is 21.4. The monoisotopic (exact) mass is 552 g/mol. The second kappa shape index (κ2) is 12.4. The number of thioether (sulfide) groups is 1. The number of nitrogens with one attached hydrogen (secondary N) is 1. The number of rotatable bonds is 5. The number of nitrogens with zero attached hydrogens (tertiary/aromatic N) is 5. The van der Waals surface area contributed by atoms with Gasteiger partial charge in [0.2, 0.25) is 0 Å². The minimum atomic E-state index is 0. The van der Waals surface area contributed by atoms with Crippen LogP contribution in [0.25, 0.3) is 0 Å². The van der Waals surface area contributed by atoms with E-state index in [4.69, 9.17) is 4.99 Å². The SMILES string of the molecule is CCNC(=NCc1ccc(N2CCSCC2)cc1)N1CCN(c2ccccn2)CC1.I. The van der Waals surface area contributed by atoms with Crippen LogP contribution in [0, 0.1) is 0 Å². The number of piperazine rings is 1. The van der Waals surface area contributed by atoms with E-state index in [1.165, 1.54) is 22.8 Å². The Bertz CT molecular complexity index is 803. The molecule has 2 saturated heterocycles. The molecule has 31 heavy (non-hydrogen) atoms. The van der Waals surface area contributed by atoms with E-state index < -0.39 is 0 Å². The van der Waals surface area contributed by atoms with Gasteiger partial charge in [0.05, 0.1) is 6.54 Å². The zero-order valence-electron chi connectivity index (χ0n) is 18.2. The van der Waals surface area contributed by atoms with Crippen LogP contribution in [0.5, 0.6) is 0 Å². The summed E-state index contributed by atoms with van der Waals surface area (Å²) in [4.78, 5) is 16.6. The summed E-state index contributed by atoms with van der Waals surface area (Å²) in [7, 11) is 0. The minimum absolute atomic E-state index is 0. The van der Waals surface area contributed by atoms with Gasteiger partial charge in [-0.3, -0.25) is 0 Å². The van der Waals surface area contributed by atoms with Crippen LogP contribution in [-0.4, -0.2) is 73.2 Å². The van der Waals surface area contributed by atoms with Gasteiger partial charge in [0.1, 0.15) is 5.82 Å². The van der Waals surface area contributed by atoms with Crippen LogP contribution >= 0.6 is 35.7 Å². The Morgan fingerprint density at radius 3 is 2.35 bits per heavy atom. The molecule has 1 aromatic heterocycles. The van der Waals surface area contributed by atoms with Gasteiger partial charge in [0.25, 0.3) is 0 Å². The van der Waals surface area contributed by atoms with Gasteiger partial charge in [-0.2, -0.15) is 11.8 Å². The van der Waals surface area contributed by atoms with E-state index in [2.05, 4.69) is 68.3 Å². The summed E-state index contributed by atoms with van der Waals surface area (Å²) in [6.07, 6.45) is 1.86. The molecule has 2 aliphatic rings. The Hall–Kier alpha value is -1.68. The number of hydrogen-bond acceptors (Lipinski definition) is 5. The van der Waals surface area contributed by atoms with Crippen molar-refractivity contribution >= 4 is 53.2 Å². The van der Waals surface area contributed by atoms with Gasteiger partial charge in [-0.1, -0.05) is 18.2 Å². The molecule has 0 radical (unpaired) electrons. The number of aromatic nitrogens is 1. The molecular weight excluding hydrogens is 519 g/mol. The lowest BCUT2D eigenvalue weighted by Crippen LogP contribution is -2.52. The Kier molecular flexibility index (Phi) is 9.57. The fourth-order valence-electron chi connectivity index (χ4n) is 3.91. The van der Waals surface area contributed by atoms with Crippen molar-refractivity contribution in [3.05, 3.63) is 54.2 Å². The largest absolute Gasteiger partial charge is 0.370 e. The van der Waals surface area contributed by atoms with E-state index in [1.54, 1.807) is 0 Å². The molecule has 0 bridgehead atoms. The van der Waals surface area contributed by atoms with Crippen LogP contribution in [0.4, 0.5) is 11.5 Å². The highest BCUT2D eigenvalue weighted by atomic mass is 127. The van der Waals surface area contributed by atoms with E-state index in [9.17, 15) is 0 Å². The first-order valence-corrected chi connectivity index (χ1v) is 12.1. The summed E-state index contributed by atoms with van der Waals surface area (Å²) in [6, 6.07) is 15.1. The smallest absolute Gasteiger partial charge is 0.194 e. The Balaban J connectivity index is 0.00000272. The van der Waals surface area contributed by atoms with Crippen molar-refractivity contribution < 1.29 is 0 Å². The van der Waals surface area contributed by atoms with Crippen LogP contribution in [-0.2, 0) is 6.54 Å². The predicted molar refractivity (Wildman–Crippen MR) is 144 cm³/mol. The van der Waals surface area contributed by atoms with Crippen molar-refractivity contribution in [3.8, 4) is 0 Å². The first-order chi connectivity index (χ1) is 14.8. The van der Waals surface area contributed by atoms with Crippen molar-refractivity contribution in [2.24, 2.45) is 4.99 Å². The molecule has 0 aliphatic carbocycles. The standard InChI is InChI=1S/C23H32N6S.HI/c1-2-24-23(29-13-11-28(12-14-29)22-5-3-4-10-25-22)26-19-20-6-8-21(9-7-20)27-15-17-30-18-16-27;/h3-10H,2,11-19H2,1H3,(H,24,26);1H. The average Bonchev–Trinajstić information content (AvgIpc) is 2.83. The van der Waals surface area contributed by atoms with Gasteiger partial charge in [-0.15, -0.1) is 24.0 Å². The van der Waals surface area contributed by atoms with Crippen LogP contribution in [0.3, 0.4) is 0 Å². The van der Waals surface area contributed by atoms with Gasteiger partial charge < -0.3 is 20.0 Å². The van der Waals surface area contributed by atoms with Crippen LogP contribution in [0.2, 0.25) is 0 Å². The summed E-state index contributed by atoms with van der Waals surface area (Å²) in [6.45, 7) is 9.85. The first-order valence-electron chi connectivity index (χ1n) is 10.9. The maximum Gasteiger partial charge on any atom is 0.194 e. The number of anilines is 2. The fourth-order valence-corrected chi connectivity index (χ4v) is 4.82. The van der Waals surface area contributed by atoms with E-state index in [-0.39, 0.29) is 24.0 Å². The van der Waals surface area contributed by atoms with Crippen molar-refractivity contribution in [3.63, 3.8) is 0 Å². The van der Waals surface area contributed by atoms with E-state index in [0.717, 1.165) is 57.6 Å². The van der Waals surface area contributed by atoms with Crippen molar-refractivity contribution in [2.75, 3.05) is 67.1 Å². The molecule has 168 valence electrons. The Morgan fingerprint density at radius 2 is 1.71 bits per heavy atom. The first kappa shape index (κ1) is 24.0. The highest BCUT2D eigenvalue weighted by molar-refractivity contribution is 14.0. The minimum Gasteiger partial charge on any atom is -0.370 e. The normalized spacial score (nSPS) is 17.3. The van der Waals surface area contributed by atoms with Gasteiger partial charge >= 0.3 is 0 Å². The number of pyridine rings is 1. The molecule has 1 N–H and O–H groups in total. The Morgan fingerprint density at radius 1 is 0.968 bits per heavy atom. The summed E-state index contributed by atoms with van der Waals surface area (Å²) in [5.74, 6) is 4.53. The van der Waals surface area contributed by atoms with Gasteiger partial charge in [-0.25, -0.2) is 9.98 Å². The maximum atomic E-state index is 4.93. The lowest BCUT2D eigenvalue weighted by molar-refractivity contribution is 0.371. The highest BCUT2D eigenvalue weighted by Gasteiger charge is 2.20. The molecule has 1 aromatic carbocycles. The number of guanidine groups is 1. The third-order valence-electron chi connectivity index (χ3n) is 5.61. The Labute approximate surface area is 207 Å². The van der Waals surface area contributed by atoms with Crippen molar-refractivity contribution in [1.29, 1.82) is 0 Å². The molecule has 8 heteroatoms. The zero-order chi connectivity index (χ0) is 20.6. The van der Waals surface area contributed by atoms with Crippen LogP contribution < -0.4 is 15.1 Å². The lowest BCUT2D eigenvalue weighted by Gasteiger charge is -2.37. The highest BCUT2D eigenvalue weighted by Crippen LogP contribution is 2.20. The molecular formula is C23H33IN6S. The van der Waals surface area contributed by atoms with E-state index in [1.807, 2.05) is 24.0 Å². The van der Waals surface area contributed by atoms with Gasteiger partial charge in [0.15, 0.2) is 5.96 Å². The summed E-state index contributed by atoms with van der Waals surface area (Å²) < 4.78 is 0. The number of hydrogen-bond donors (Lipinski definition) is 1. The third kappa shape index (κ3) is 6.65. The lowest BCUT2D eigenvalue weighted by atomic mass is 10.2. The average molecular weight is 553 g/mol. The molecule has 6 nitrogen and oxygen atoms in total. The topological polar surface area (TPSA) is 47.0 Å². The third-order valence-corrected chi connectivity index (χ3v) is 6.55. The van der Waals surface area contributed by atoms with E-state index >= 15 is 0 Å². The maximum absolute atomic E-state index is 4.93. The summed E-state index contributed by atoms with van der Waals surface area (Å²) in [5.41, 5.74) is 2.59. The number of aliphatic imine (C=N–C) groups is 1. The molecule has 0 unspecified atom stereocenters. The summed E-state index contributed by atoms with van der Waals surface area (Å²) in [5, 5.41) is 3.47. The molecule has 2 aromatic rings. The summed E-state index contributed by atoms with van der Waals surface area (Å²) >= 11 is 2.05. The second-order valence-electron chi connectivity index (χ2n) is 7.60. The molecule has 0 atom stereocenters. The van der Waals surface area contributed by atoms with Gasteiger partial charge in [-0.05, 0) is 36.8 Å².